The Balaban J connectivity index is 1.63. The Bertz CT molecular complexity index is 596. The van der Waals surface area contributed by atoms with Crippen molar-refractivity contribution in [2.24, 2.45) is 34.5 Å². The van der Waals surface area contributed by atoms with Gasteiger partial charge in [0.25, 0.3) is 0 Å². The maximum absolute atomic E-state index is 11.9. The molecule has 4 rings (SSSR count). The molecular weight excluding hydrogens is 324 g/mol. The maximum Gasteiger partial charge on any atom is 0.305 e. The summed E-state index contributed by atoms with van der Waals surface area (Å²) in [6.07, 6.45) is 12.4. The Morgan fingerprint density at radius 2 is 2.04 bits per heavy atom. The number of esters is 1. The van der Waals surface area contributed by atoms with Crippen LogP contribution in [0.2, 0.25) is 0 Å². The summed E-state index contributed by atoms with van der Waals surface area (Å²) >= 11 is 0. The van der Waals surface area contributed by atoms with E-state index in [2.05, 4.69) is 19.9 Å². The number of aliphatic hydroxyl groups excluding tert-OH is 1. The molecule has 0 spiro atoms. The van der Waals surface area contributed by atoms with Crippen molar-refractivity contribution in [1.29, 1.82) is 0 Å². The lowest BCUT2D eigenvalue weighted by atomic mass is 9.45. The Hall–Kier alpha value is -0.830. The van der Waals surface area contributed by atoms with Gasteiger partial charge in [0.2, 0.25) is 0 Å². The van der Waals surface area contributed by atoms with E-state index >= 15 is 0 Å². The topological polar surface area (TPSA) is 46.5 Å². The van der Waals surface area contributed by atoms with Crippen LogP contribution < -0.4 is 0 Å². The number of allylic oxidation sites excluding steroid dienone is 1. The van der Waals surface area contributed by atoms with Crippen molar-refractivity contribution in [2.75, 3.05) is 6.61 Å². The number of carbonyl (C=O) groups is 1. The number of ether oxygens (including phenoxy) is 1. The van der Waals surface area contributed by atoms with E-state index in [-0.39, 0.29) is 22.9 Å². The minimum absolute atomic E-state index is 0.0285. The summed E-state index contributed by atoms with van der Waals surface area (Å²) in [4.78, 5) is 11.9. The van der Waals surface area contributed by atoms with E-state index in [1.807, 2.05) is 6.92 Å². The first-order valence-corrected chi connectivity index (χ1v) is 11.0. The summed E-state index contributed by atoms with van der Waals surface area (Å²) in [6.45, 7) is 6.97. The van der Waals surface area contributed by atoms with Gasteiger partial charge in [0.15, 0.2) is 0 Å². The number of carbonyl (C=O) groups excluding carboxylic acids is 1. The van der Waals surface area contributed by atoms with Crippen LogP contribution >= 0.6 is 0 Å². The van der Waals surface area contributed by atoms with E-state index in [0.717, 1.165) is 19.3 Å². The fourth-order valence-corrected chi connectivity index (χ4v) is 7.62. The van der Waals surface area contributed by atoms with Crippen molar-refractivity contribution in [1.82, 2.24) is 0 Å². The molecule has 0 radical (unpaired) electrons. The highest BCUT2D eigenvalue weighted by molar-refractivity contribution is 5.69. The molecule has 3 heteroatoms. The highest BCUT2D eigenvalue weighted by atomic mass is 16.5. The minimum Gasteiger partial charge on any atom is -0.462 e. The molecule has 3 saturated carbocycles. The van der Waals surface area contributed by atoms with Gasteiger partial charge in [-0.05, 0) is 75.0 Å². The van der Waals surface area contributed by atoms with Crippen molar-refractivity contribution in [3.63, 3.8) is 0 Å². The van der Waals surface area contributed by atoms with E-state index in [0.29, 0.717) is 36.7 Å². The summed E-state index contributed by atoms with van der Waals surface area (Å²) in [5, 5.41) is 10.6. The quantitative estimate of drug-likeness (QED) is 0.576. The van der Waals surface area contributed by atoms with Gasteiger partial charge >= 0.3 is 5.97 Å². The lowest BCUT2D eigenvalue weighted by Gasteiger charge is -2.60. The number of hydrogen-bond donors (Lipinski definition) is 1. The number of fused-ring (bicyclic) bond motifs is 5. The predicted octanol–water partition coefficient (Wildman–Crippen LogP) is 4.88. The lowest BCUT2D eigenvalue weighted by molar-refractivity contribution is -0.161. The van der Waals surface area contributed by atoms with Crippen LogP contribution in [0.1, 0.15) is 78.6 Å². The van der Waals surface area contributed by atoms with Crippen LogP contribution in [0.15, 0.2) is 11.6 Å². The second-order valence-corrected chi connectivity index (χ2v) is 9.78. The van der Waals surface area contributed by atoms with Crippen molar-refractivity contribution < 1.29 is 14.6 Å². The first-order chi connectivity index (χ1) is 12.5. The first-order valence-electron chi connectivity index (χ1n) is 11.0. The molecular formula is C23H36O3. The Labute approximate surface area is 158 Å². The third kappa shape index (κ3) is 2.45. The minimum atomic E-state index is -0.0411. The Morgan fingerprint density at radius 3 is 2.77 bits per heavy atom. The Morgan fingerprint density at radius 1 is 1.23 bits per heavy atom. The highest BCUT2D eigenvalue weighted by Crippen LogP contribution is 2.66. The molecule has 0 saturated heterocycles. The van der Waals surface area contributed by atoms with Crippen molar-refractivity contribution >= 4 is 5.97 Å². The van der Waals surface area contributed by atoms with Crippen LogP contribution in [0.3, 0.4) is 0 Å². The van der Waals surface area contributed by atoms with E-state index in [1.54, 1.807) is 5.57 Å². The highest BCUT2D eigenvalue weighted by Gasteiger charge is 2.61. The smallest absolute Gasteiger partial charge is 0.305 e. The van der Waals surface area contributed by atoms with Gasteiger partial charge in [0, 0.05) is 17.3 Å². The molecule has 0 aromatic rings. The maximum atomic E-state index is 11.9. The van der Waals surface area contributed by atoms with Gasteiger partial charge in [-0.1, -0.05) is 32.4 Å². The molecule has 0 amide bonds. The zero-order valence-corrected chi connectivity index (χ0v) is 16.8. The van der Waals surface area contributed by atoms with Gasteiger partial charge in [-0.2, -0.15) is 0 Å². The van der Waals surface area contributed by atoms with E-state index in [4.69, 9.17) is 4.74 Å². The van der Waals surface area contributed by atoms with E-state index < -0.39 is 0 Å². The van der Waals surface area contributed by atoms with Crippen LogP contribution in [-0.2, 0) is 9.53 Å². The van der Waals surface area contributed by atoms with Gasteiger partial charge in [-0.25, -0.2) is 0 Å². The van der Waals surface area contributed by atoms with Gasteiger partial charge in [-0.3, -0.25) is 4.79 Å². The molecule has 0 unspecified atom stereocenters. The summed E-state index contributed by atoms with van der Waals surface area (Å²) < 4.78 is 5.89. The average Bonchev–Trinajstić information content (AvgIpc) is 2.98. The van der Waals surface area contributed by atoms with Gasteiger partial charge in [0.1, 0.15) is 6.10 Å². The molecule has 146 valence electrons. The van der Waals surface area contributed by atoms with Crippen LogP contribution in [0.25, 0.3) is 0 Å². The monoisotopic (exact) mass is 360 g/mol. The zero-order valence-electron chi connectivity index (χ0n) is 16.8. The Kier molecular flexibility index (Phi) is 4.74. The largest absolute Gasteiger partial charge is 0.462 e. The molecule has 0 aromatic heterocycles. The summed E-state index contributed by atoms with van der Waals surface area (Å²) in [5.74, 6) is 2.49. The molecule has 3 nitrogen and oxygen atoms in total. The molecule has 4 aliphatic carbocycles. The van der Waals surface area contributed by atoms with Crippen LogP contribution in [-0.4, -0.2) is 23.8 Å². The van der Waals surface area contributed by atoms with Crippen molar-refractivity contribution in [2.45, 2.75) is 84.7 Å². The molecule has 7 atom stereocenters. The van der Waals surface area contributed by atoms with Crippen LogP contribution in [0.5, 0.6) is 0 Å². The predicted molar refractivity (Wildman–Crippen MR) is 102 cm³/mol. The fourth-order valence-electron chi connectivity index (χ4n) is 7.62. The van der Waals surface area contributed by atoms with Gasteiger partial charge in [-0.15, -0.1) is 0 Å². The molecule has 0 aliphatic heterocycles. The van der Waals surface area contributed by atoms with E-state index in [9.17, 15) is 9.90 Å². The molecule has 0 bridgehead atoms. The average molecular weight is 361 g/mol. The SMILES string of the molecule is CCC(=O)O[C@H]1CC[C@H]2[C@@H]3CCC4=CCC[C@H](C)[C@]4(CO)[C@H]3CC[C@]12C. The van der Waals surface area contributed by atoms with E-state index in [1.165, 1.54) is 32.1 Å². The summed E-state index contributed by atoms with van der Waals surface area (Å²) in [6, 6.07) is 0. The van der Waals surface area contributed by atoms with Crippen LogP contribution in [0, 0.1) is 34.5 Å². The first kappa shape index (κ1) is 18.5. The second kappa shape index (κ2) is 6.65. The third-order valence-corrected chi connectivity index (χ3v) is 9.05. The molecule has 4 aliphatic rings. The van der Waals surface area contributed by atoms with Crippen molar-refractivity contribution in [3.05, 3.63) is 11.6 Å². The molecule has 0 aromatic carbocycles. The molecule has 26 heavy (non-hydrogen) atoms. The number of aliphatic hydroxyl groups is 1. The molecule has 3 fully saturated rings. The van der Waals surface area contributed by atoms with Crippen molar-refractivity contribution in [3.8, 4) is 0 Å². The summed E-state index contributed by atoms with van der Waals surface area (Å²) in [5.41, 5.74) is 1.73. The fraction of sp³-hybridized carbons (Fsp3) is 0.870. The molecule has 1 N–H and O–H groups in total. The standard InChI is InChI=1S/C23H36O3/c1-4-21(25)26-20-11-10-18-17-9-8-16-7-5-6-15(2)23(16,14-24)19(17)12-13-22(18,20)3/h7,15,17-20,24H,4-6,8-14H2,1-3H3/t15-,17-,18-,19-,20-,22-,23-/m0/s1. The number of hydrogen-bond acceptors (Lipinski definition) is 3. The normalized spacial score (nSPS) is 47.4. The lowest BCUT2D eigenvalue weighted by Crippen LogP contribution is -2.55. The summed E-state index contributed by atoms with van der Waals surface area (Å²) in [7, 11) is 0. The van der Waals surface area contributed by atoms with Gasteiger partial charge < -0.3 is 9.84 Å². The second-order valence-electron chi connectivity index (χ2n) is 9.78. The number of rotatable bonds is 3. The third-order valence-electron chi connectivity index (χ3n) is 9.05. The zero-order chi connectivity index (χ0) is 18.5. The van der Waals surface area contributed by atoms with Crippen LogP contribution in [0.4, 0.5) is 0 Å². The van der Waals surface area contributed by atoms with Gasteiger partial charge in [0.05, 0.1) is 6.61 Å². The molecule has 0 heterocycles.